The van der Waals surface area contributed by atoms with Crippen LogP contribution in [-0.4, -0.2) is 55.4 Å². The number of rotatable bonds is 9. The van der Waals surface area contributed by atoms with E-state index in [1.54, 1.807) is 4.90 Å². The van der Waals surface area contributed by atoms with Gasteiger partial charge in [0.1, 0.15) is 0 Å². The maximum absolute atomic E-state index is 11.9. The number of ether oxygens (including phenoxy) is 1. The summed E-state index contributed by atoms with van der Waals surface area (Å²) in [6.45, 7) is 2.98. The van der Waals surface area contributed by atoms with Crippen molar-refractivity contribution in [3.05, 3.63) is 0 Å². The topological polar surface area (TPSA) is 78.9 Å². The third-order valence-electron chi connectivity index (χ3n) is 3.73. The number of urea groups is 1. The largest absolute Gasteiger partial charge is 0.481 e. The SMILES string of the molecule is CN(CC1CCCOC1)C(=O)NCCCCCCC(=O)O. The Balaban J connectivity index is 2.00. The molecule has 0 aromatic heterocycles. The van der Waals surface area contributed by atoms with Gasteiger partial charge in [-0.2, -0.15) is 0 Å². The number of nitrogens with zero attached hydrogens (tertiary/aromatic N) is 1. The second-order valence-electron chi connectivity index (χ2n) is 5.75. The van der Waals surface area contributed by atoms with Crippen molar-refractivity contribution in [3.8, 4) is 0 Å². The van der Waals surface area contributed by atoms with Gasteiger partial charge < -0.3 is 20.1 Å². The minimum absolute atomic E-state index is 0.0360. The normalized spacial score (nSPS) is 18.2. The third-order valence-corrected chi connectivity index (χ3v) is 3.73. The number of carbonyl (C=O) groups excluding carboxylic acids is 1. The second kappa shape index (κ2) is 10.4. The Morgan fingerprint density at radius 2 is 2.05 bits per heavy atom. The minimum Gasteiger partial charge on any atom is -0.481 e. The van der Waals surface area contributed by atoms with Gasteiger partial charge in [0.2, 0.25) is 0 Å². The van der Waals surface area contributed by atoms with E-state index in [0.29, 0.717) is 18.9 Å². The first-order valence-corrected chi connectivity index (χ1v) is 7.88. The van der Waals surface area contributed by atoms with Crippen LogP contribution in [0.3, 0.4) is 0 Å². The number of nitrogens with one attached hydrogen (secondary N) is 1. The first-order chi connectivity index (χ1) is 10.1. The summed E-state index contributed by atoms with van der Waals surface area (Å²) in [7, 11) is 1.82. The fourth-order valence-electron chi connectivity index (χ4n) is 2.51. The van der Waals surface area contributed by atoms with Crippen LogP contribution in [0.1, 0.15) is 44.9 Å². The molecule has 122 valence electrons. The van der Waals surface area contributed by atoms with Gasteiger partial charge in [-0.25, -0.2) is 4.79 Å². The lowest BCUT2D eigenvalue weighted by atomic mass is 10.0. The molecule has 1 aliphatic rings. The van der Waals surface area contributed by atoms with E-state index < -0.39 is 5.97 Å². The van der Waals surface area contributed by atoms with Crippen molar-refractivity contribution in [3.63, 3.8) is 0 Å². The average Bonchev–Trinajstić information content (AvgIpc) is 2.46. The molecule has 6 heteroatoms. The van der Waals surface area contributed by atoms with E-state index in [9.17, 15) is 9.59 Å². The molecule has 0 spiro atoms. The van der Waals surface area contributed by atoms with Crippen LogP contribution >= 0.6 is 0 Å². The highest BCUT2D eigenvalue weighted by atomic mass is 16.5. The molecule has 1 rings (SSSR count). The summed E-state index contributed by atoms with van der Waals surface area (Å²) >= 11 is 0. The molecule has 0 bridgehead atoms. The van der Waals surface area contributed by atoms with Gasteiger partial charge in [-0.1, -0.05) is 12.8 Å². The summed E-state index contributed by atoms with van der Waals surface area (Å²) in [6.07, 6.45) is 5.90. The molecule has 0 aromatic carbocycles. The van der Waals surface area contributed by atoms with E-state index in [0.717, 1.165) is 51.9 Å². The number of carboxylic acids is 1. The molecule has 0 aromatic rings. The molecule has 0 radical (unpaired) electrons. The van der Waals surface area contributed by atoms with Crippen molar-refractivity contribution in [1.29, 1.82) is 0 Å². The summed E-state index contributed by atoms with van der Waals surface area (Å²) in [5.74, 6) is -0.290. The van der Waals surface area contributed by atoms with Crippen molar-refractivity contribution in [1.82, 2.24) is 10.2 Å². The van der Waals surface area contributed by atoms with Crippen molar-refractivity contribution >= 4 is 12.0 Å². The quantitative estimate of drug-likeness (QED) is 0.639. The average molecular weight is 300 g/mol. The first-order valence-electron chi connectivity index (χ1n) is 7.88. The molecule has 1 heterocycles. The van der Waals surface area contributed by atoms with E-state index in [1.165, 1.54) is 0 Å². The second-order valence-corrected chi connectivity index (χ2v) is 5.75. The summed E-state index contributed by atoms with van der Waals surface area (Å²) in [5.41, 5.74) is 0. The van der Waals surface area contributed by atoms with Gasteiger partial charge in [0.05, 0.1) is 6.61 Å². The number of hydrogen-bond acceptors (Lipinski definition) is 3. The Bertz CT molecular complexity index is 317. The van der Waals surface area contributed by atoms with Crippen LogP contribution in [0.2, 0.25) is 0 Å². The predicted octanol–water partition coefficient (Wildman–Crippen LogP) is 2.09. The molecule has 6 nitrogen and oxygen atoms in total. The molecular formula is C15H28N2O4. The minimum atomic E-state index is -0.739. The highest BCUT2D eigenvalue weighted by Crippen LogP contribution is 2.14. The van der Waals surface area contributed by atoms with Crippen LogP contribution in [0.5, 0.6) is 0 Å². The van der Waals surface area contributed by atoms with E-state index in [2.05, 4.69) is 5.32 Å². The number of aliphatic carboxylic acids is 1. The van der Waals surface area contributed by atoms with E-state index in [1.807, 2.05) is 7.05 Å². The maximum atomic E-state index is 11.9. The molecule has 1 unspecified atom stereocenters. The van der Waals surface area contributed by atoms with Gasteiger partial charge in [0.15, 0.2) is 0 Å². The molecule has 2 amide bonds. The number of carboxylic acid groups (broad SMARTS) is 1. The Morgan fingerprint density at radius 1 is 1.29 bits per heavy atom. The van der Waals surface area contributed by atoms with Crippen LogP contribution in [0.25, 0.3) is 0 Å². The van der Waals surface area contributed by atoms with E-state index in [-0.39, 0.29) is 12.5 Å². The van der Waals surface area contributed by atoms with E-state index >= 15 is 0 Å². The predicted molar refractivity (Wildman–Crippen MR) is 80.3 cm³/mol. The molecule has 1 fully saturated rings. The van der Waals surface area contributed by atoms with Crippen molar-refractivity contribution in [2.24, 2.45) is 5.92 Å². The summed E-state index contributed by atoms with van der Waals surface area (Å²) < 4.78 is 5.42. The number of carbonyl (C=O) groups is 2. The van der Waals surface area contributed by atoms with Gasteiger partial charge in [-0.15, -0.1) is 0 Å². The van der Waals surface area contributed by atoms with Crippen LogP contribution in [0, 0.1) is 5.92 Å². The van der Waals surface area contributed by atoms with Crippen LogP contribution in [0.15, 0.2) is 0 Å². The first kappa shape index (κ1) is 17.8. The highest BCUT2D eigenvalue weighted by molar-refractivity contribution is 5.73. The zero-order valence-corrected chi connectivity index (χ0v) is 13.0. The smallest absolute Gasteiger partial charge is 0.317 e. The van der Waals surface area contributed by atoms with Gasteiger partial charge in [0, 0.05) is 39.1 Å². The molecule has 21 heavy (non-hydrogen) atoms. The number of unbranched alkanes of at least 4 members (excludes halogenated alkanes) is 3. The standard InChI is InChI=1S/C15H28N2O4/c1-17(11-13-7-6-10-21-12-13)15(20)16-9-5-3-2-4-8-14(18)19/h13H,2-12H2,1H3,(H,16,20)(H,18,19). The molecule has 0 saturated carbocycles. The zero-order chi connectivity index (χ0) is 15.5. The Labute approximate surface area is 126 Å². The molecule has 1 atom stereocenters. The Morgan fingerprint density at radius 3 is 2.71 bits per heavy atom. The Kier molecular flexibility index (Phi) is 8.82. The number of amides is 2. The molecular weight excluding hydrogens is 272 g/mol. The lowest BCUT2D eigenvalue weighted by Gasteiger charge is -2.27. The maximum Gasteiger partial charge on any atom is 0.317 e. The van der Waals surface area contributed by atoms with Gasteiger partial charge in [-0.3, -0.25) is 4.79 Å². The zero-order valence-electron chi connectivity index (χ0n) is 13.0. The van der Waals surface area contributed by atoms with Crippen LogP contribution in [0.4, 0.5) is 4.79 Å². The highest BCUT2D eigenvalue weighted by Gasteiger charge is 2.18. The van der Waals surface area contributed by atoms with Crippen LogP contribution in [-0.2, 0) is 9.53 Å². The summed E-state index contributed by atoms with van der Waals surface area (Å²) in [4.78, 5) is 24.0. The molecule has 1 saturated heterocycles. The molecule has 1 aliphatic heterocycles. The van der Waals surface area contributed by atoms with Gasteiger partial charge in [0.25, 0.3) is 0 Å². The van der Waals surface area contributed by atoms with Crippen molar-refractivity contribution in [2.75, 3.05) is 33.4 Å². The lowest BCUT2D eigenvalue weighted by molar-refractivity contribution is -0.137. The molecule has 2 N–H and O–H groups in total. The van der Waals surface area contributed by atoms with E-state index in [4.69, 9.17) is 9.84 Å². The molecule has 0 aliphatic carbocycles. The Hall–Kier alpha value is -1.30. The fourth-order valence-corrected chi connectivity index (χ4v) is 2.51. The van der Waals surface area contributed by atoms with Gasteiger partial charge >= 0.3 is 12.0 Å². The third kappa shape index (κ3) is 8.55. The summed E-state index contributed by atoms with van der Waals surface area (Å²) in [6, 6.07) is -0.0360. The fraction of sp³-hybridized carbons (Fsp3) is 0.867. The van der Waals surface area contributed by atoms with Crippen molar-refractivity contribution < 1.29 is 19.4 Å². The van der Waals surface area contributed by atoms with Crippen LogP contribution < -0.4 is 5.32 Å². The van der Waals surface area contributed by atoms with Gasteiger partial charge in [-0.05, 0) is 25.7 Å². The lowest BCUT2D eigenvalue weighted by Crippen LogP contribution is -2.41. The number of hydrogen-bond donors (Lipinski definition) is 2. The van der Waals surface area contributed by atoms with Crippen molar-refractivity contribution in [2.45, 2.75) is 44.9 Å². The summed E-state index contributed by atoms with van der Waals surface area (Å²) in [5, 5.41) is 11.4. The monoisotopic (exact) mass is 300 g/mol.